The topological polar surface area (TPSA) is 119 Å². The molecule has 4 aromatic rings. The lowest BCUT2D eigenvalue weighted by molar-refractivity contribution is 0.0906. The Morgan fingerprint density at radius 2 is 1.93 bits per heavy atom. The van der Waals surface area contributed by atoms with Crippen molar-refractivity contribution in [1.82, 2.24) is 14.5 Å². The molecule has 5 rings (SSSR count). The Morgan fingerprint density at radius 1 is 1.15 bits per heavy atom. The first kappa shape index (κ1) is 27.2. The van der Waals surface area contributed by atoms with Gasteiger partial charge in [-0.2, -0.15) is 0 Å². The number of morpholine rings is 1. The lowest BCUT2D eigenvalue weighted by Crippen LogP contribution is -2.40. The summed E-state index contributed by atoms with van der Waals surface area (Å²) < 4.78 is 7.48. The quantitative estimate of drug-likeness (QED) is 0.344. The molecule has 9 nitrogen and oxygen atoms in total. The van der Waals surface area contributed by atoms with Gasteiger partial charge in [0.25, 0.3) is 0 Å². The molecule has 3 heterocycles. The van der Waals surface area contributed by atoms with Gasteiger partial charge >= 0.3 is 0 Å². The second-order valence-electron chi connectivity index (χ2n) is 10.6. The number of aliphatic hydroxyl groups is 1. The summed E-state index contributed by atoms with van der Waals surface area (Å²) in [5, 5.41) is 11.0. The molecule has 0 saturated carbocycles. The van der Waals surface area contributed by atoms with Crippen LogP contribution in [0.1, 0.15) is 31.3 Å². The molecule has 1 atom stereocenters. The Bertz CT molecular complexity index is 1620. The van der Waals surface area contributed by atoms with E-state index < -0.39 is 5.60 Å². The number of pyridine rings is 1. The number of anilines is 1. The van der Waals surface area contributed by atoms with Crippen LogP contribution in [0.25, 0.3) is 27.6 Å². The Balaban J connectivity index is 1.67. The van der Waals surface area contributed by atoms with Crippen LogP contribution in [0.4, 0.5) is 5.82 Å². The smallest absolute Gasteiger partial charge is 0.250 e. The third-order valence-electron chi connectivity index (χ3n) is 6.83. The first-order valence-corrected chi connectivity index (χ1v) is 13.3. The molecular weight excluding hydrogens is 504 g/mol. The highest BCUT2D eigenvalue weighted by Crippen LogP contribution is 2.35. The SMILES string of the molecule is Cn1cc(-c2ccc3nc(C(C=NCC(C)(C)O)=CN)nc(N4CCOCC4c4ccccc4)c3c2)ccc1=O. The van der Waals surface area contributed by atoms with Gasteiger partial charge in [0, 0.05) is 43.7 Å². The average molecular weight is 539 g/mol. The van der Waals surface area contributed by atoms with E-state index in [0.29, 0.717) is 31.2 Å². The molecule has 0 amide bonds. The van der Waals surface area contributed by atoms with Crippen molar-refractivity contribution in [2.75, 3.05) is 31.2 Å². The molecule has 0 spiro atoms. The predicted molar refractivity (Wildman–Crippen MR) is 159 cm³/mol. The Labute approximate surface area is 233 Å². The lowest BCUT2D eigenvalue weighted by Gasteiger charge is -2.37. The molecular formula is C31H34N6O3. The number of nitrogens with two attached hydrogens (primary N) is 1. The minimum Gasteiger partial charge on any atom is -0.404 e. The molecule has 40 heavy (non-hydrogen) atoms. The summed E-state index contributed by atoms with van der Waals surface area (Å²) in [4.78, 5) is 28.5. The maximum atomic E-state index is 12.0. The summed E-state index contributed by atoms with van der Waals surface area (Å²) in [6.45, 7) is 5.35. The highest BCUT2D eigenvalue weighted by Gasteiger charge is 2.28. The summed E-state index contributed by atoms with van der Waals surface area (Å²) >= 11 is 0. The zero-order chi connectivity index (χ0) is 28.3. The van der Waals surface area contributed by atoms with E-state index in [0.717, 1.165) is 33.4 Å². The first-order chi connectivity index (χ1) is 19.2. The van der Waals surface area contributed by atoms with Gasteiger partial charge in [0.1, 0.15) is 5.82 Å². The van der Waals surface area contributed by atoms with Gasteiger partial charge in [-0.25, -0.2) is 9.97 Å². The van der Waals surface area contributed by atoms with Crippen LogP contribution in [0.3, 0.4) is 0 Å². The van der Waals surface area contributed by atoms with Gasteiger partial charge in [-0.3, -0.25) is 9.79 Å². The van der Waals surface area contributed by atoms with E-state index in [9.17, 15) is 9.90 Å². The summed E-state index contributed by atoms with van der Waals surface area (Å²) in [6, 6.07) is 19.6. The molecule has 2 aromatic carbocycles. The van der Waals surface area contributed by atoms with Crippen molar-refractivity contribution in [2.45, 2.75) is 25.5 Å². The van der Waals surface area contributed by atoms with E-state index in [2.05, 4.69) is 28.1 Å². The van der Waals surface area contributed by atoms with Gasteiger partial charge in [0.05, 0.1) is 42.5 Å². The number of allylic oxidation sites excluding steroid dienone is 1. The highest BCUT2D eigenvalue weighted by atomic mass is 16.5. The number of ether oxygens (including phenoxy) is 1. The highest BCUT2D eigenvalue weighted by molar-refractivity contribution is 6.09. The zero-order valence-electron chi connectivity index (χ0n) is 23.0. The van der Waals surface area contributed by atoms with Crippen LogP contribution in [-0.4, -0.2) is 57.8 Å². The monoisotopic (exact) mass is 538 g/mol. The Kier molecular flexibility index (Phi) is 7.77. The molecule has 3 N–H and O–H groups in total. The van der Waals surface area contributed by atoms with Crippen LogP contribution < -0.4 is 16.2 Å². The maximum absolute atomic E-state index is 12.0. The molecule has 9 heteroatoms. The third kappa shape index (κ3) is 5.95. The van der Waals surface area contributed by atoms with Crippen molar-refractivity contribution in [3.63, 3.8) is 0 Å². The number of rotatable bonds is 7. The number of aryl methyl sites for hydroxylation is 1. The van der Waals surface area contributed by atoms with E-state index in [1.165, 1.54) is 6.20 Å². The van der Waals surface area contributed by atoms with Crippen molar-refractivity contribution in [3.8, 4) is 11.1 Å². The second-order valence-corrected chi connectivity index (χ2v) is 10.6. The summed E-state index contributed by atoms with van der Waals surface area (Å²) in [5.41, 5.74) is 9.31. The molecule has 1 unspecified atom stereocenters. The fourth-order valence-corrected chi connectivity index (χ4v) is 4.76. The largest absolute Gasteiger partial charge is 0.404 e. The van der Waals surface area contributed by atoms with Gasteiger partial charge in [-0.05, 0) is 48.7 Å². The Morgan fingerprint density at radius 3 is 2.65 bits per heavy atom. The molecule has 2 aromatic heterocycles. The van der Waals surface area contributed by atoms with Gasteiger partial charge in [-0.1, -0.05) is 36.4 Å². The number of fused-ring (bicyclic) bond motifs is 1. The molecule has 0 aliphatic carbocycles. The fourth-order valence-electron chi connectivity index (χ4n) is 4.76. The van der Waals surface area contributed by atoms with Crippen LogP contribution >= 0.6 is 0 Å². The molecule has 1 aliphatic heterocycles. The predicted octanol–water partition coefficient (Wildman–Crippen LogP) is 3.71. The van der Waals surface area contributed by atoms with Gasteiger partial charge < -0.3 is 25.0 Å². The molecule has 1 aliphatic rings. The van der Waals surface area contributed by atoms with Gasteiger partial charge in [-0.15, -0.1) is 0 Å². The van der Waals surface area contributed by atoms with Crippen LogP contribution in [-0.2, 0) is 11.8 Å². The van der Waals surface area contributed by atoms with Crippen LogP contribution in [0, 0.1) is 0 Å². The fraction of sp³-hybridized carbons (Fsp3) is 0.290. The summed E-state index contributed by atoms with van der Waals surface area (Å²) in [7, 11) is 1.74. The van der Waals surface area contributed by atoms with Crippen molar-refractivity contribution in [1.29, 1.82) is 0 Å². The van der Waals surface area contributed by atoms with Gasteiger partial charge in [0.15, 0.2) is 5.82 Å². The van der Waals surface area contributed by atoms with E-state index in [1.807, 2.05) is 42.6 Å². The second kappa shape index (κ2) is 11.4. The molecule has 1 saturated heterocycles. The number of benzene rings is 2. The zero-order valence-corrected chi connectivity index (χ0v) is 23.0. The Hall–Kier alpha value is -4.34. The molecule has 206 valence electrons. The van der Waals surface area contributed by atoms with E-state index in [1.54, 1.807) is 37.7 Å². The van der Waals surface area contributed by atoms with Crippen LogP contribution in [0.5, 0.6) is 0 Å². The van der Waals surface area contributed by atoms with Crippen LogP contribution in [0.15, 0.2) is 82.8 Å². The summed E-state index contributed by atoms with van der Waals surface area (Å²) in [5.74, 6) is 1.21. The van der Waals surface area contributed by atoms with E-state index in [4.69, 9.17) is 20.4 Å². The van der Waals surface area contributed by atoms with Crippen molar-refractivity contribution < 1.29 is 9.84 Å². The number of nitrogens with zero attached hydrogens (tertiary/aromatic N) is 5. The van der Waals surface area contributed by atoms with Crippen molar-refractivity contribution >= 4 is 28.5 Å². The summed E-state index contributed by atoms with van der Waals surface area (Å²) in [6.07, 6.45) is 4.87. The number of aromatic nitrogens is 3. The first-order valence-electron chi connectivity index (χ1n) is 13.3. The standard InChI is InChI=1S/C31H34N6O3/c1-31(2,39)20-33-17-24(16-32)29-34-26-11-9-22(23-10-12-28(38)36(3)18-23)15-25(26)30(35-29)37-13-14-40-19-27(37)21-7-5-4-6-8-21/h4-12,15-18,27,39H,13-14,19-20,32H2,1-3H3. The van der Waals surface area contributed by atoms with Crippen LogP contribution in [0.2, 0.25) is 0 Å². The average Bonchev–Trinajstić information content (AvgIpc) is 2.96. The maximum Gasteiger partial charge on any atom is 0.250 e. The van der Waals surface area contributed by atoms with E-state index >= 15 is 0 Å². The van der Waals surface area contributed by atoms with E-state index in [-0.39, 0.29) is 18.1 Å². The minimum absolute atomic E-state index is 0.0451. The van der Waals surface area contributed by atoms with Crippen molar-refractivity contribution in [3.05, 3.63) is 94.8 Å². The number of hydrogen-bond donors (Lipinski definition) is 2. The van der Waals surface area contributed by atoms with Gasteiger partial charge in [0.2, 0.25) is 5.56 Å². The normalized spacial score (nSPS) is 16.6. The number of hydrogen-bond acceptors (Lipinski definition) is 8. The number of aliphatic imine (C=N–C) groups is 1. The molecule has 1 fully saturated rings. The third-order valence-corrected chi connectivity index (χ3v) is 6.83. The van der Waals surface area contributed by atoms with Crippen molar-refractivity contribution in [2.24, 2.45) is 17.8 Å². The molecule has 0 bridgehead atoms. The molecule has 0 radical (unpaired) electrons. The lowest BCUT2D eigenvalue weighted by atomic mass is 10.0. The minimum atomic E-state index is -0.945.